The van der Waals surface area contributed by atoms with Crippen molar-refractivity contribution in [2.45, 2.75) is 50.7 Å². The van der Waals surface area contributed by atoms with E-state index in [1.165, 1.54) is 12.1 Å². The third-order valence-corrected chi connectivity index (χ3v) is 4.82. The third kappa shape index (κ3) is 4.63. The number of rotatable bonds is 6. The van der Waals surface area contributed by atoms with Gasteiger partial charge in [0.2, 0.25) is 5.91 Å². The van der Waals surface area contributed by atoms with Gasteiger partial charge in [-0.05, 0) is 30.4 Å². The zero-order valence-corrected chi connectivity index (χ0v) is 14.6. The summed E-state index contributed by atoms with van der Waals surface area (Å²) in [6.45, 7) is 4.20. The molecule has 2 unspecified atom stereocenters. The molecule has 1 aromatic carbocycles. The molecule has 3 nitrogen and oxygen atoms in total. The fourth-order valence-corrected chi connectivity index (χ4v) is 2.63. The fraction of sp³-hybridized carbons (Fsp3) is 0.588. The van der Waals surface area contributed by atoms with Gasteiger partial charge in [-0.3, -0.25) is 4.79 Å². The molecule has 1 amide bonds. The van der Waals surface area contributed by atoms with Crippen LogP contribution in [-0.4, -0.2) is 18.5 Å². The van der Waals surface area contributed by atoms with Crippen LogP contribution in [0.25, 0.3) is 0 Å². The molecule has 136 valence electrons. The minimum atomic E-state index is -4.35. The second kappa shape index (κ2) is 7.74. The Morgan fingerprint density at radius 3 is 2.50 bits per heavy atom. The summed E-state index contributed by atoms with van der Waals surface area (Å²) in [5, 5.41) is 2.81. The molecule has 24 heavy (non-hydrogen) atoms. The van der Waals surface area contributed by atoms with Crippen molar-refractivity contribution in [1.82, 2.24) is 5.32 Å². The lowest BCUT2D eigenvalue weighted by molar-refractivity contribution is -0.137. The number of amides is 1. The summed E-state index contributed by atoms with van der Waals surface area (Å²) in [7, 11) is 0. The average Bonchev–Trinajstić information content (AvgIpc) is 3.31. The van der Waals surface area contributed by atoms with Gasteiger partial charge in [0.25, 0.3) is 0 Å². The van der Waals surface area contributed by atoms with E-state index in [-0.39, 0.29) is 29.6 Å². The third-order valence-electron chi connectivity index (χ3n) is 4.82. The van der Waals surface area contributed by atoms with E-state index in [1.807, 2.05) is 13.8 Å². The maximum Gasteiger partial charge on any atom is 0.416 e. The quantitative estimate of drug-likeness (QED) is 0.809. The van der Waals surface area contributed by atoms with Crippen LogP contribution in [0.3, 0.4) is 0 Å². The van der Waals surface area contributed by atoms with E-state index in [9.17, 15) is 18.0 Å². The highest BCUT2D eigenvalue weighted by atomic mass is 35.5. The van der Waals surface area contributed by atoms with E-state index in [2.05, 4.69) is 5.32 Å². The predicted molar refractivity (Wildman–Crippen MR) is 90.0 cm³/mol. The van der Waals surface area contributed by atoms with Gasteiger partial charge in [0.1, 0.15) is 0 Å². The topological polar surface area (TPSA) is 55.1 Å². The molecular formula is C17H24ClF3N2O. The molecule has 0 aliphatic heterocycles. The van der Waals surface area contributed by atoms with Gasteiger partial charge < -0.3 is 11.1 Å². The molecule has 1 aliphatic rings. The first-order chi connectivity index (χ1) is 10.7. The van der Waals surface area contributed by atoms with Crippen molar-refractivity contribution in [3.63, 3.8) is 0 Å². The molecule has 1 saturated carbocycles. The molecule has 1 fully saturated rings. The fourth-order valence-electron chi connectivity index (χ4n) is 2.63. The predicted octanol–water partition coefficient (Wildman–Crippen LogP) is 3.65. The number of nitrogens with two attached hydrogens (primary N) is 1. The second-order valence-corrected chi connectivity index (χ2v) is 6.49. The molecule has 0 spiro atoms. The van der Waals surface area contributed by atoms with E-state index in [0.717, 1.165) is 25.3 Å². The van der Waals surface area contributed by atoms with E-state index < -0.39 is 17.8 Å². The first kappa shape index (κ1) is 20.8. The molecule has 2 rings (SSSR count). The lowest BCUT2D eigenvalue weighted by atomic mass is 9.93. The Morgan fingerprint density at radius 1 is 1.38 bits per heavy atom. The van der Waals surface area contributed by atoms with Crippen LogP contribution >= 0.6 is 12.4 Å². The number of alkyl halides is 3. The lowest BCUT2D eigenvalue weighted by Gasteiger charge is -2.22. The summed E-state index contributed by atoms with van der Waals surface area (Å²) < 4.78 is 38.5. The Hall–Kier alpha value is -1.27. The Bertz CT molecular complexity index is 573. The highest BCUT2D eigenvalue weighted by Crippen LogP contribution is 2.48. The van der Waals surface area contributed by atoms with Crippen LogP contribution in [0.5, 0.6) is 0 Å². The molecular weight excluding hydrogens is 341 g/mol. The van der Waals surface area contributed by atoms with Gasteiger partial charge in [0.15, 0.2) is 0 Å². The maximum atomic E-state index is 12.8. The largest absolute Gasteiger partial charge is 0.416 e. The van der Waals surface area contributed by atoms with Crippen molar-refractivity contribution in [2.75, 3.05) is 6.54 Å². The molecule has 0 aromatic heterocycles. The van der Waals surface area contributed by atoms with Crippen molar-refractivity contribution in [3.05, 3.63) is 35.4 Å². The zero-order valence-electron chi connectivity index (χ0n) is 13.8. The van der Waals surface area contributed by atoms with Gasteiger partial charge in [-0.2, -0.15) is 13.2 Å². The van der Waals surface area contributed by atoms with Crippen LogP contribution in [-0.2, 0) is 16.4 Å². The monoisotopic (exact) mass is 364 g/mol. The molecule has 0 saturated heterocycles. The minimum absolute atomic E-state index is 0. The SMILES string of the molecule is CCC(C)C(N)C(=O)NCC1(c2cccc(C(F)(F)F)c2)CC1.Cl. The maximum absolute atomic E-state index is 12.8. The number of benzene rings is 1. The number of carbonyl (C=O) groups is 1. The number of carbonyl (C=O) groups excluding carboxylic acids is 1. The molecule has 1 aromatic rings. The normalized spacial score (nSPS) is 18.2. The Labute approximate surface area is 146 Å². The molecule has 0 bridgehead atoms. The molecule has 1 aliphatic carbocycles. The number of hydrogen-bond acceptors (Lipinski definition) is 2. The molecule has 0 radical (unpaired) electrons. The van der Waals surface area contributed by atoms with E-state index in [1.54, 1.807) is 6.07 Å². The highest BCUT2D eigenvalue weighted by Gasteiger charge is 2.45. The molecule has 7 heteroatoms. The van der Waals surface area contributed by atoms with Gasteiger partial charge in [0.05, 0.1) is 11.6 Å². The minimum Gasteiger partial charge on any atom is -0.354 e. The summed E-state index contributed by atoms with van der Waals surface area (Å²) in [5.41, 5.74) is 5.48. The van der Waals surface area contributed by atoms with Crippen molar-refractivity contribution < 1.29 is 18.0 Å². The van der Waals surface area contributed by atoms with Crippen molar-refractivity contribution >= 4 is 18.3 Å². The molecule has 0 heterocycles. The Kier molecular flexibility index (Phi) is 6.70. The Morgan fingerprint density at radius 2 is 2.00 bits per heavy atom. The first-order valence-corrected chi connectivity index (χ1v) is 7.90. The van der Waals surface area contributed by atoms with E-state index in [4.69, 9.17) is 5.73 Å². The zero-order chi connectivity index (χ0) is 17.3. The van der Waals surface area contributed by atoms with Crippen LogP contribution in [0.2, 0.25) is 0 Å². The van der Waals surface area contributed by atoms with Gasteiger partial charge >= 0.3 is 6.18 Å². The van der Waals surface area contributed by atoms with Crippen molar-refractivity contribution in [2.24, 2.45) is 11.7 Å². The average molecular weight is 365 g/mol. The summed E-state index contributed by atoms with van der Waals surface area (Å²) in [5.74, 6) is -0.170. The summed E-state index contributed by atoms with van der Waals surface area (Å²) in [6, 6.07) is 4.79. The number of halogens is 4. The number of hydrogen-bond donors (Lipinski definition) is 2. The smallest absolute Gasteiger partial charge is 0.354 e. The molecule has 2 atom stereocenters. The standard InChI is InChI=1S/C17H23F3N2O.ClH/c1-3-11(2)14(21)15(23)22-10-16(7-8-16)12-5-4-6-13(9-12)17(18,19)20;/h4-6,9,11,14H,3,7-8,10,21H2,1-2H3,(H,22,23);1H. The lowest BCUT2D eigenvalue weighted by Crippen LogP contribution is -2.46. The van der Waals surface area contributed by atoms with E-state index in [0.29, 0.717) is 12.1 Å². The van der Waals surface area contributed by atoms with Gasteiger partial charge in [0, 0.05) is 12.0 Å². The first-order valence-electron chi connectivity index (χ1n) is 7.90. The van der Waals surface area contributed by atoms with Crippen molar-refractivity contribution in [1.29, 1.82) is 0 Å². The van der Waals surface area contributed by atoms with Crippen LogP contribution in [0.15, 0.2) is 24.3 Å². The second-order valence-electron chi connectivity index (χ2n) is 6.49. The van der Waals surface area contributed by atoms with Crippen LogP contribution in [0.1, 0.15) is 44.2 Å². The summed E-state index contributed by atoms with van der Waals surface area (Å²) >= 11 is 0. The van der Waals surface area contributed by atoms with Gasteiger partial charge in [-0.25, -0.2) is 0 Å². The van der Waals surface area contributed by atoms with Crippen molar-refractivity contribution in [3.8, 4) is 0 Å². The molecule has 3 N–H and O–H groups in total. The Balaban J connectivity index is 0.00000288. The summed E-state index contributed by atoms with van der Waals surface area (Å²) in [6.07, 6.45) is -2.01. The summed E-state index contributed by atoms with van der Waals surface area (Å²) in [4.78, 5) is 12.1. The van der Waals surface area contributed by atoms with Gasteiger partial charge in [-0.15, -0.1) is 12.4 Å². The van der Waals surface area contributed by atoms with Crippen LogP contribution < -0.4 is 11.1 Å². The van der Waals surface area contributed by atoms with E-state index >= 15 is 0 Å². The van der Waals surface area contributed by atoms with Crippen LogP contribution in [0, 0.1) is 5.92 Å². The number of nitrogens with one attached hydrogen (secondary N) is 1. The van der Waals surface area contributed by atoms with Gasteiger partial charge in [-0.1, -0.05) is 38.5 Å². The van der Waals surface area contributed by atoms with Crippen LogP contribution in [0.4, 0.5) is 13.2 Å². The highest BCUT2D eigenvalue weighted by molar-refractivity contribution is 5.85.